The monoisotopic (exact) mass is 462 g/mol. The second-order valence-corrected chi connectivity index (χ2v) is 7.00. The second kappa shape index (κ2) is 10.2. The molecule has 33 heavy (non-hydrogen) atoms. The van der Waals surface area contributed by atoms with Gasteiger partial charge in [0.15, 0.2) is 0 Å². The fourth-order valence-corrected chi connectivity index (χ4v) is 3.24. The molecule has 0 saturated heterocycles. The minimum Gasteiger partial charge on any atom is -0.496 e. The van der Waals surface area contributed by atoms with Crippen LogP contribution < -0.4 is 14.8 Å². The molecule has 0 aliphatic carbocycles. The topological polar surface area (TPSA) is 106 Å². The molecule has 3 rings (SSSR count). The summed E-state index contributed by atoms with van der Waals surface area (Å²) in [6.07, 6.45) is -2.25. The number of halogens is 3. The lowest BCUT2D eigenvalue weighted by Gasteiger charge is -2.18. The van der Waals surface area contributed by atoms with Gasteiger partial charge >= 0.3 is 12.1 Å². The second-order valence-electron chi connectivity index (χ2n) is 7.00. The molecule has 11 heteroatoms. The van der Waals surface area contributed by atoms with Crippen LogP contribution in [0.25, 0.3) is 11.1 Å². The van der Waals surface area contributed by atoms with Crippen LogP contribution in [0.3, 0.4) is 0 Å². The Hall–Kier alpha value is -3.89. The number of alkyl halides is 3. The first-order valence-electron chi connectivity index (χ1n) is 9.73. The maximum atomic E-state index is 12.8. The fourth-order valence-electron chi connectivity index (χ4n) is 3.24. The Morgan fingerprint density at radius 1 is 1.09 bits per heavy atom. The summed E-state index contributed by atoms with van der Waals surface area (Å²) >= 11 is 0. The van der Waals surface area contributed by atoms with Crippen molar-refractivity contribution in [3.05, 3.63) is 60.3 Å². The first-order valence-corrected chi connectivity index (χ1v) is 9.73. The van der Waals surface area contributed by atoms with E-state index in [4.69, 9.17) is 9.47 Å². The highest BCUT2D eigenvalue weighted by molar-refractivity contribution is 5.78. The molecular formula is C22H21F3N4O4. The van der Waals surface area contributed by atoms with Crippen molar-refractivity contribution in [2.45, 2.75) is 25.1 Å². The highest BCUT2D eigenvalue weighted by Crippen LogP contribution is 2.37. The molecule has 1 aromatic carbocycles. The van der Waals surface area contributed by atoms with Gasteiger partial charge in [-0.15, -0.1) is 0 Å². The molecule has 8 nitrogen and oxygen atoms in total. The largest absolute Gasteiger partial charge is 0.496 e. The number of benzene rings is 1. The third-order valence-corrected chi connectivity index (χ3v) is 4.74. The van der Waals surface area contributed by atoms with Gasteiger partial charge in [-0.05, 0) is 18.2 Å². The number of pyridine rings is 1. The highest BCUT2D eigenvalue weighted by atomic mass is 19.4. The van der Waals surface area contributed by atoms with Crippen molar-refractivity contribution in [3.63, 3.8) is 0 Å². The third kappa shape index (κ3) is 6.09. The Labute approximate surface area is 187 Å². The standard InChI is InChI=1S/C22H21F3N4O4/c1-32-17-4-3-5-18(33-2)19(17)13-6-7-15(27-11-13)8-16(21(30)31)29-20-14(9-22(23,24)25)10-26-12-28-20/h3-7,10-12,16H,8-9H2,1-2H3,(H,30,31)(H,26,28,29). The van der Waals surface area contributed by atoms with Crippen LogP contribution in [0, 0.1) is 0 Å². The molecular weight excluding hydrogens is 441 g/mol. The maximum absolute atomic E-state index is 12.8. The number of methoxy groups -OCH3 is 2. The molecule has 1 unspecified atom stereocenters. The van der Waals surface area contributed by atoms with Gasteiger partial charge in [0.2, 0.25) is 0 Å². The summed E-state index contributed by atoms with van der Waals surface area (Å²) in [5.74, 6) is -0.293. The quantitative estimate of drug-likeness (QED) is 0.495. The number of carboxylic acid groups (broad SMARTS) is 1. The highest BCUT2D eigenvalue weighted by Gasteiger charge is 2.30. The molecule has 2 heterocycles. The summed E-state index contributed by atoms with van der Waals surface area (Å²) in [6, 6.07) is 7.45. The van der Waals surface area contributed by atoms with E-state index in [0.717, 1.165) is 12.5 Å². The maximum Gasteiger partial charge on any atom is 0.393 e. The lowest BCUT2D eigenvalue weighted by Crippen LogP contribution is -2.33. The Morgan fingerprint density at radius 2 is 1.79 bits per heavy atom. The van der Waals surface area contributed by atoms with Crippen LogP contribution in [0.2, 0.25) is 0 Å². The Kier molecular flexibility index (Phi) is 7.31. The minimum absolute atomic E-state index is 0.0892. The number of carboxylic acids is 1. The number of anilines is 1. The van der Waals surface area contributed by atoms with E-state index < -0.39 is 24.6 Å². The Morgan fingerprint density at radius 3 is 2.33 bits per heavy atom. The van der Waals surface area contributed by atoms with Crippen LogP contribution in [-0.4, -0.2) is 52.5 Å². The number of nitrogens with one attached hydrogen (secondary N) is 1. The van der Waals surface area contributed by atoms with Crippen LogP contribution in [0.1, 0.15) is 11.3 Å². The Bertz CT molecular complexity index is 1090. The van der Waals surface area contributed by atoms with Crippen LogP contribution in [0.15, 0.2) is 49.1 Å². The number of carbonyl (C=O) groups is 1. The minimum atomic E-state index is -4.49. The molecule has 0 aliphatic heterocycles. The number of hydrogen-bond acceptors (Lipinski definition) is 7. The molecule has 0 aliphatic rings. The fraction of sp³-hybridized carbons (Fsp3) is 0.273. The van der Waals surface area contributed by atoms with Crippen molar-refractivity contribution in [1.82, 2.24) is 15.0 Å². The van der Waals surface area contributed by atoms with Gasteiger partial charge in [0.25, 0.3) is 0 Å². The Balaban J connectivity index is 1.82. The zero-order chi connectivity index (χ0) is 24.0. The van der Waals surface area contributed by atoms with Crippen LogP contribution >= 0.6 is 0 Å². The van der Waals surface area contributed by atoms with Gasteiger partial charge in [0.1, 0.15) is 29.7 Å². The SMILES string of the molecule is COc1cccc(OC)c1-c1ccc(CC(Nc2ncncc2CC(F)(F)F)C(=O)O)nc1. The van der Waals surface area contributed by atoms with Gasteiger partial charge < -0.3 is 19.9 Å². The molecule has 2 N–H and O–H groups in total. The van der Waals surface area contributed by atoms with Gasteiger partial charge in [0.05, 0.1) is 26.2 Å². The molecule has 0 fully saturated rings. The van der Waals surface area contributed by atoms with E-state index in [9.17, 15) is 23.1 Å². The molecule has 0 saturated carbocycles. The zero-order valence-corrected chi connectivity index (χ0v) is 17.8. The van der Waals surface area contributed by atoms with Crippen molar-refractivity contribution >= 4 is 11.8 Å². The summed E-state index contributed by atoms with van der Waals surface area (Å²) in [5.41, 5.74) is 1.55. The van der Waals surface area contributed by atoms with E-state index in [-0.39, 0.29) is 17.8 Å². The summed E-state index contributed by atoms with van der Waals surface area (Å²) in [6.45, 7) is 0. The van der Waals surface area contributed by atoms with Crippen molar-refractivity contribution in [3.8, 4) is 22.6 Å². The van der Waals surface area contributed by atoms with Crippen molar-refractivity contribution in [2.75, 3.05) is 19.5 Å². The van der Waals surface area contributed by atoms with Gasteiger partial charge in [-0.3, -0.25) is 4.98 Å². The van der Waals surface area contributed by atoms with Gasteiger partial charge in [0, 0.05) is 35.6 Å². The summed E-state index contributed by atoms with van der Waals surface area (Å²) in [5, 5.41) is 12.2. The van der Waals surface area contributed by atoms with Gasteiger partial charge in [-0.1, -0.05) is 12.1 Å². The smallest absolute Gasteiger partial charge is 0.393 e. The van der Waals surface area contributed by atoms with Gasteiger partial charge in [-0.2, -0.15) is 13.2 Å². The van der Waals surface area contributed by atoms with Crippen molar-refractivity contribution in [2.24, 2.45) is 0 Å². The average Bonchev–Trinajstić information content (AvgIpc) is 2.78. The normalized spacial score (nSPS) is 12.2. The lowest BCUT2D eigenvalue weighted by atomic mass is 10.0. The van der Waals surface area contributed by atoms with Crippen LogP contribution in [0.5, 0.6) is 11.5 Å². The van der Waals surface area contributed by atoms with E-state index in [1.807, 2.05) is 0 Å². The van der Waals surface area contributed by atoms with E-state index >= 15 is 0 Å². The lowest BCUT2D eigenvalue weighted by molar-refractivity contribution is -0.137. The number of ether oxygens (including phenoxy) is 2. The average molecular weight is 462 g/mol. The number of aromatic nitrogens is 3. The van der Waals surface area contributed by atoms with E-state index in [2.05, 4.69) is 20.3 Å². The number of nitrogens with zero attached hydrogens (tertiary/aromatic N) is 3. The molecule has 174 valence electrons. The van der Waals surface area contributed by atoms with Crippen LogP contribution in [0.4, 0.5) is 19.0 Å². The summed E-state index contributed by atoms with van der Waals surface area (Å²) in [7, 11) is 3.06. The molecule has 0 spiro atoms. The molecule has 0 radical (unpaired) electrons. The van der Waals surface area contributed by atoms with E-state index in [1.165, 1.54) is 14.2 Å². The molecule has 2 aromatic heterocycles. The van der Waals surface area contributed by atoms with Crippen LogP contribution in [-0.2, 0) is 17.6 Å². The van der Waals surface area contributed by atoms with Gasteiger partial charge in [-0.25, -0.2) is 14.8 Å². The molecule has 1 atom stereocenters. The number of hydrogen-bond donors (Lipinski definition) is 2. The van der Waals surface area contributed by atoms with E-state index in [0.29, 0.717) is 28.3 Å². The molecule has 0 amide bonds. The van der Waals surface area contributed by atoms with Crippen molar-refractivity contribution in [1.29, 1.82) is 0 Å². The van der Waals surface area contributed by atoms with Crippen molar-refractivity contribution < 1.29 is 32.5 Å². The molecule has 3 aromatic rings. The number of rotatable bonds is 9. The summed E-state index contributed by atoms with van der Waals surface area (Å²) < 4.78 is 49.3. The first-order chi connectivity index (χ1) is 15.7. The predicted octanol–water partition coefficient (Wildman–Crippen LogP) is 3.77. The first kappa shape index (κ1) is 23.8. The zero-order valence-electron chi connectivity index (χ0n) is 17.8. The number of aliphatic carboxylic acids is 1. The molecule has 0 bridgehead atoms. The van der Waals surface area contributed by atoms with E-state index in [1.54, 1.807) is 36.5 Å². The summed E-state index contributed by atoms with van der Waals surface area (Å²) in [4.78, 5) is 23.5. The predicted molar refractivity (Wildman–Crippen MR) is 113 cm³/mol. The third-order valence-electron chi connectivity index (χ3n) is 4.74.